The van der Waals surface area contributed by atoms with Crippen LogP contribution in [0.2, 0.25) is 0 Å². The monoisotopic (exact) mass is 200 g/mol. The van der Waals surface area contributed by atoms with E-state index < -0.39 is 0 Å². The van der Waals surface area contributed by atoms with Gasteiger partial charge in [-0.2, -0.15) is 0 Å². The Balaban J connectivity index is 1.96. The standard InChI is InChI=1S/C10H20N2S/c1-2-3-6-11-7-4-9-10(13)5-8-12-9/h9,11-12H,2-8H2,1H3. The van der Waals surface area contributed by atoms with Crippen LogP contribution in [-0.2, 0) is 0 Å². The largest absolute Gasteiger partial charge is 0.317 e. The number of unbranched alkanes of at least 4 members (excludes halogenated alkanes) is 1. The number of thiocarbonyl (C=S) groups is 1. The Bertz CT molecular complexity index is 159. The third kappa shape index (κ3) is 4.16. The summed E-state index contributed by atoms with van der Waals surface area (Å²) in [6.45, 7) is 5.54. The first-order chi connectivity index (χ1) is 6.34. The molecule has 0 aromatic rings. The zero-order chi connectivity index (χ0) is 9.52. The number of rotatable bonds is 6. The Morgan fingerprint density at radius 1 is 1.54 bits per heavy atom. The molecule has 0 aromatic heterocycles. The molecule has 1 aliphatic heterocycles. The predicted molar refractivity (Wildman–Crippen MR) is 61.4 cm³/mol. The van der Waals surface area contributed by atoms with Crippen LogP contribution in [0.1, 0.15) is 32.6 Å². The zero-order valence-electron chi connectivity index (χ0n) is 8.44. The van der Waals surface area contributed by atoms with Gasteiger partial charge in [0.2, 0.25) is 0 Å². The molecular weight excluding hydrogens is 180 g/mol. The molecule has 1 rings (SSSR count). The van der Waals surface area contributed by atoms with Crippen molar-refractivity contribution in [1.82, 2.24) is 10.6 Å². The van der Waals surface area contributed by atoms with Gasteiger partial charge in [0, 0.05) is 17.5 Å². The fraction of sp³-hybridized carbons (Fsp3) is 0.900. The van der Waals surface area contributed by atoms with Crippen molar-refractivity contribution in [3.05, 3.63) is 0 Å². The molecule has 1 heterocycles. The summed E-state index contributed by atoms with van der Waals surface area (Å²) in [6, 6.07) is 0.504. The van der Waals surface area contributed by atoms with Crippen LogP contribution in [0.25, 0.3) is 0 Å². The lowest BCUT2D eigenvalue weighted by Crippen LogP contribution is -2.30. The van der Waals surface area contributed by atoms with E-state index in [-0.39, 0.29) is 0 Å². The van der Waals surface area contributed by atoms with Crippen LogP contribution < -0.4 is 10.6 Å². The summed E-state index contributed by atoms with van der Waals surface area (Å²) in [5.41, 5.74) is 0. The Morgan fingerprint density at radius 2 is 2.38 bits per heavy atom. The van der Waals surface area contributed by atoms with Crippen LogP contribution in [0.3, 0.4) is 0 Å². The van der Waals surface area contributed by atoms with Gasteiger partial charge in [-0.05, 0) is 32.4 Å². The quantitative estimate of drug-likeness (QED) is 0.502. The number of hydrogen-bond acceptors (Lipinski definition) is 3. The number of hydrogen-bond donors (Lipinski definition) is 2. The van der Waals surface area contributed by atoms with Crippen molar-refractivity contribution in [1.29, 1.82) is 0 Å². The molecule has 1 unspecified atom stereocenters. The first kappa shape index (κ1) is 11.1. The van der Waals surface area contributed by atoms with Gasteiger partial charge in [-0.1, -0.05) is 25.6 Å². The van der Waals surface area contributed by atoms with E-state index in [0.29, 0.717) is 6.04 Å². The highest BCUT2D eigenvalue weighted by Crippen LogP contribution is 2.05. The van der Waals surface area contributed by atoms with Crippen LogP contribution in [0, 0.1) is 0 Å². The average Bonchev–Trinajstić information content (AvgIpc) is 2.52. The topological polar surface area (TPSA) is 24.1 Å². The third-order valence-electron chi connectivity index (χ3n) is 2.47. The van der Waals surface area contributed by atoms with Gasteiger partial charge in [0.1, 0.15) is 0 Å². The van der Waals surface area contributed by atoms with Gasteiger partial charge < -0.3 is 10.6 Å². The van der Waals surface area contributed by atoms with Gasteiger partial charge in [0.15, 0.2) is 0 Å². The molecule has 1 atom stereocenters. The molecule has 3 heteroatoms. The first-order valence-electron chi connectivity index (χ1n) is 5.31. The SMILES string of the molecule is CCCCNCCC1NCCC1=S. The molecule has 2 N–H and O–H groups in total. The van der Waals surface area contributed by atoms with Gasteiger partial charge >= 0.3 is 0 Å². The summed E-state index contributed by atoms with van der Waals surface area (Å²) in [5.74, 6) is 0. The van der Waals surface area contributed by atoms with Gasteiger partial charge in [-0.25, -0.2) is 0 Å². The fourth-order valence-electron chi connectivity index (χ4n) is 1.59. The Morgan fingerprint density at radius 3 is 3.00 bits per heavy atom. The Kier molecular flexibility index (Phi) is 5.51. The smallest absolute Gasteiger partial charge is 0.0396 e. The molecule has 0 spiro atoms. The molecule has 0 aliphatic carbocycles. The highest BCUT2D eigenvalue weighted by Gasteiger charge is 2.18. The van der Waals surface area contributed by atoms with E-state index in [9.17, 15) is 0 Å². The lowest BCUT2D eigenvalue weighted by molar-refractivity contribution is 0.571. The second-order valence-electron chi connectivity index (χ2n) is 3.62. The van der Waals surface area contributed by atoms with Gasteiger partial charge in [0.05, 0.1) is 0 Å². The molecule has 0 saturated carbocycles. The first-order valence-corrected chi connectivity index (χ1v) is 5.72. The Hall–Kier alpha value is 0.01000. The van der Waals surface area contributed by atoms with Crippen LogP contribution in [0.4, 0.5) is 0 Å². The van der Waals surface area contributed by atoms with E-state index in [1.165, 1.54) is 17.7 Å². The summed E-state index contributed by atoms with van der Waals surface area (Å²) >= 11 is 5.25. The summed E-state index contributed by atoms with van der Waals surface area (Å²) in [5, 5.41) is 6.85. The summed E-state index contributed by atoms with van der Waals surface area (Å²) in [4.78, 5) is 1.22. The van der Waals surface area contributed by atoms with E-state index in [2.05, 4.69) is 17.6 Å². The van der Waals surface area contributed by atoms with Crippen LogP contribution >= 0.6 is 12.2 Å². The van der Waals surface area contributed by atoms with E-state index in [0.717, 1.165) is 32.5 Å². The second kappa shape index (κ2) is 6.46. The fourth-order valence-corrected chi connectivity index (χ4v) is 1.90. The molecule has 0 bridgehead atoms. The highest BCUT2D eigenvalue weighted by molar-refractivity contribution is 7.80. The molecular formula is C10H20N2S. The third-order valence-corrected chi connectivity index (χ3v) is 2.96. The van der Waals surface area contributed by atoms with Crippen LogP contribution in [-0.4, -0.2) is 30.5 Å². The van der Waals surface area contributed by atoms with E-state index in [4.69, 9.17) is 12.2 Å². The minimum Gasteiger partial charge on any atom is -0.317 e. The van der Waals surface area contributed by atoms with Crippen molar-refractivity contribution in [2.75, 3.05) is 19.6 Å². The summed E-state index contributed by atoms with van der Waals surface area (Å²) in [6.07, 6.45) is 4.80. The molecule has 13 heavy (non-hydrogen) atoms. The molecule has 0 amide bonds. The molecule has 1 fully saturated rings. The van der Waals surface area contributed by atoms with Crippen LogP contribution in [0.5, 0.6) is 0 Å². The van der Waals surface area contributed by atoms with Crippen LogP contribution in [0.15, 0.2) is 0 Å². The van der Waals surface area contributed by atoms with Crippen molar-refractivity contribution >= 4 is 17.1 Å². The average molecular weight is 200 g/mol. The molecule has 1 saturated heterocycles. The van der Waals surface area contributed by atoms with E-state index in [1.807, 2.05) is 0 Å². The Labute approximate surface area is 86.5 Å². The molecule has 2 nitrogen and oxygen atoms in total. The summed E-state index contributed by atoms with van der Waals surface area (Å²) < 4.78 is 0. The zero-order valence-corrected chi connectivity index (χ0v) is 9.25. The van der Waals surface area contributed by atoms with E-state index in [1.54, 1.807) is 0 Å². The minimum atomic E-state index is 0.504. The maximum Gasteiger partial charge on any atom is 0.0396 e. The van der Waals surface area contributed by atoms with E-state index >= 15 is 0 Å². The minimum absolute atomic E-state index is 0.504. The predicted octanol–water partition coefficient (Wildman–Crippen LogP) is 1.50. The summed E-state index contributed by atoms with van der Waals surface area (Å²) in [7, 11) is 0. The molecule has 0 aromatic carbocycles. The van der Waals surface area contributed by atoms with Crippen molar-refractivity contribution in [2.24, 2.45) is 0 Å². The molecule has 76 valence electrons. The highest BCUT2D eigenvalue weighted by atomic mass is 32.1. The normalized spacial score (nSPS) is 22.5. The van der Waals surface area contributed by atoms with Gasteiger partial charge in [0.25, 0.3) is 0 Å². The molecule has 1 aliphatic rings. The van der Waals surface area contributed by atoms with Crippen molar-refractivity contribution < 1.29 is 0 Å². The lowest BCUT2D eigenvalue weighted by Gasteiger charge is -2.10. The maximum atomic E-state index is 5.25. The van der Waals surface area contributed by atoms with Crippen molar-refractivity contribution in [3.63, 3.8) is 0 Å². The van der Waals surface area contributed by atoms with Gasteiger partial charge in [-0.3, -0.25) is 0 Å². The number of nitrogens with one attached hydrogen (secondary N) is 2. The second-order valence-corrected chi connectivity index (χ2v) is 4.14. The maximum absolute atomic E-state index is 5.25. The lowest BCUT2D eigenvalue weighted by atomic mass is 10.1. The molecule has 0 radical (unpaired) electrons. The van der Waals surface area contributed by atoms with Gasteiger partial charge in [-0.15, -0.1) is 0 Å². The van der Waals surface area contributed by atoms with Crippen molar-refractivity contribution in [2.45, 2.75) is 38.6 Å². The van der Waals surface area contributed by atoms with Crippen molar-refractivity contribution in [3.8, 4) is 0 Å².